The molecule has 1 N–H and O–H groups in total. The van der Waals surface area contributed by atoms with E-state index in [0.717, 1.165) is 4.90 Å². The van der Waals surface area contributed by atoms with Crippen molar-refractivity contribution in [2.24, 2.45) is 0 Å². The van der Waals surface area contributed by atoms with Crippen LogP contribution in [0.2, 0.25) is 0 Å². The molecule has 0 aromatic rings. The van der Waals surface area contributed by atoms with E-state index in [-0.39, 0.29) is 24.8 Å². The van der Waals surface area contributed by atoms with Gasteiger partial charge in [-0.3, -0.25) is 9.69 Å². The Morgan fingerprint density at radius 2 is 1.39 bits per heavy atom. The molecule has 1 unspecified atom stereocenters. The van der Waals surface area contributed by atoms with Crippen LogP contribution in [-0.4, -0.2) is 108 Å². The van der Waals surface area contributed by atoms with Gasteiger partial charge in [0.25, 0.3) is 10.0 Å². The number of nitrogens with one attached hydrogen (secondary N) is 1. The Balaban J connectivity index is 3.19. The summed E-state index contributed by atoms with van der Waals surface area (Å²) in [5.41, 5.74) is -6.29. The summed E-state index contributed by atoms with van der Waals surface area (Å²) < 4.78 is 194. The van der Waals surface area contributed by atoms with Crippen molar-refractivity contribution in [3.63, 3.8) is 0 Å². The molecule has 0 aliphatic carbocycles. The lowest BCUT2D eigenvalue weighted by molar-refractivity contribution is -0.244. The highest BCUT2D eigenvalue weighted by atomic mass is 32.2. The predicted octanol–water partition coefficient (Wildman–Crippen LogP) is 0.128. The molecule has 1 saturated heterocycles. The first kappa shape index (κ1) is 32.6. The highest BCUT2D eigenvalue weighted by molar-refractivity contribution is 7.95. The van der Waals surface area contributed by atoms with Crippen LogP contribution in [0.3, 0.4) is 0 Å². The second kappa shape index (κ2) is 10.0. The zero-order valence-electron chi connectivity index (χ0n) is 17.9. The van der Waals surface area contributed by atoms with Crippen molar-refractivity contribution in [3.8, 4) is 0 Å². The normalized spacial score (nSPS) is 19.2. The van der Waals surface area contributed by atoms with E-state index in [1.165, 1.54) is 7.05 Å². The fourth-order valence-corrected chi connectivity index (χ4v) is 5.85. The Labute approximate surface area is 198 Å². The van der Waals surface area contributed by atoms with E-state index >= 15 is 0 Å². The summed E-state index contributed by atoms with van der Waals surface area (Å²) in [6, 6.07) is -0.960. The predicted molar refractivity (Wildman–Crippen MR) is 100 cm³/mol. The summed E-state index contributed by atoms with van der Waals surface area (Å²) >= 11 is 0. The number of hydrogen-bond donors (Lipinski definition) is 1. The number of nitrogens with zero attached hydrogens (tertiary/aromatic N) is 2. The fourth-order valence-electron chi connectivity index (χ4n) is 2.51. The van der Waals surface area contributed by atoms with E-state index in [9.17, 15) is 69.6 Å². The number of likely N-dealkylation sites (N-methyl/N-ethyl adjacent to an activating group) is 2. The van der Waals surface area contributed by atoms with Crippen molar-refractivity contribution in [2.45, 2.75) is 34.4 Å². The van der Waals surface area contributed by atoms with Gasteiger partial charge in [-0.1, -0.05) is 0 Å². The van der Waals surface area contributed by atoms with Crippen LogP contribution in [0.4, 0.5) is 39.5 Å². The Bertz CT molecular complexity index is 1160. The first-order valence-corrected chi connectivity index (χ1v) is 13.6. The SMILES string of the molecule is CN(CCN(C)S(=O)(=O)C(F)(F)C(F)(F)C(F)(F)S(=O)(=O)CNS(=O)(=O)C(F)(F)F)C1CCOC1=O. The van der Waals surface area contributed by atoms with Gasteiger partial charge in [0.1, 0.15) is 11.9 Å². The van der Waals surface area contributed by atoms with Gasteiger partial charge in [0.2, 0.25) is 9.84 Å². The third-order valence-electron chi connectivity index (χ3n) is 4.81. The largest absolute Gasteiger partial charge is 0.511 e. The minimum Gasteiger partial charge on any atom is -0.464 e. The zero-order valence-corrected chi connectivity index (χ0v) is 20.3. The summed E-state index contributed by atoms with van der Waals surface area (Å²) in [7, 11) is -19.3. The Morgan fingerprint density at radius 3 is 1.81 bits per heavy atom. The second-order valence-electron chi connectivity index (χ2n) is 7.24. The Hall–Kier alpha value is -1.43. The Morgan fingerprint density at radius 1 is 0.889 bits per heavy atom. The molecule has 0 aromatic carbocycles. The van der Waals surface area contributed by atoms with E-state index in [1.54, 1.807) is 0 Å². The van der Waals surface area contributed by atoms with Crippen molar-refractivity contribution in [2.75, 3.05) is 39.7 Å². The quantitative estimate of drug-likeness (QED) is 0.240. The number of sulfonamides is 2. The van der Waals surface area contributed by atoms with Crippen molar-refractivity contribution in [3.05, 3.63) is 0 Å². The van der Waals surface area contributed by atoms with E-state index in [2.05, 4.69) is 4.74 Å². The van der Waals surface area contributed by atoms with Gasteiger partial charge < -0.3 is 4.74 Å². The lowest BCUT2D eigenvalue weighted by atomic mass is 10.2. The molecule has 0 aromatic heterocycles. The van der Waals surface area contributed by atoms with Crippen molar-refractivity contribution in [1.29, 1.82) is 0 Å². The van der Waals surface area contributed by atoms with Crippen LogP contribution < -0.4 is 4.72 Å². The molecule has 1 atom stereocenters. The van der Waals surface area contributed by atoms with E-state index in [1.807, 2.05) is 0 Å². The molecule has 1 fully saturated rings. The van der Waals surface area contributed by atoms with Crippen molar-refractivity contribution in [1.82, 2.24) is 13.9 Å². The average molecular weight is 611 g/mol. The second-order valence-corrected chi connectivity index (χ2v) is 13.1. The van der Waals surface area contributed by atoms with Gasteiger partial charge in [0.05, 0.1) is 6.61 Å². The van der Waals surface area contributed by atoms with Gasteiger partial charge in [0.15, 0.2) is 0 Å². The smallest absolute Gasteiger partial charge is 0.464 e. The van der Waals surface area contributed by atoms with Crippen LogP contribution in [0, 0.1) is 0 Å². The number of halogens is 9. The molecule has 23 heteroatoms. The number of hydrogen-bond acceptors (Lipinski definition) is 9. The third kappa shape index (κ3) is 5.68. The molecule has 0 radical (unpaired) electrons. The molecule has 1 rings (SSSR count). The summed E-state index contributed by atoms with van der Waals surface area (Å²) in [5.74, 6) is -11.2. The van der Waals surface area contributed by atoms with Gasteiger partial charge in [-0.05, 0) is 7.05 Å². The monoisotopic (exact) mass is 611 g/mol. The molecular weight excluding hydrogens is 593 g/mol. The lowest BCUT2D eigenvalue weighted by Gasteiger charge is -2.34. The first-order chi connectivity index (χ1) is 15.8. The van der Waals surface area contributed by atoms with E-state index in [4.69, 9.17) is 0 Å². The van der Waals surface area contributed by atoms with Gasteiger partial charge in [-0.15, -0.1) is 0 Å². The number of sulfone groups is 1. The van der Waals surface area contributed by atoms with Gasteiger partial charge in [0, 0.05) is 26.6 Å². The fraction of sp³-hybridized carbons (Fsp3) is 0.923. The van der Waals surface area contributed by atoms with Crippen LogP contribution in [0.25, 0.3) is 0 Å². The highest BCUT2D eigenvalue weighted by Crippen LogP contribution is 2.51. The summed E-state index contributed by atoms with van der Waals surface area (Å²) in [6.07, 6.45) is 0.0994. The zero-order chi connectivity index (χ0) is 28.8. The standard InChI is InChI=1S/C13H18F9N3O8S3/c1-24(8-3-6-33-9(8)26)4-5-25(2)36(31,32)12(18,19)10(14,15)11(16,17)34(27,28)7-23-35(29,30)13(20,21)22/h8,23H,3-7H2,1-2H3. The van der Waals surface area contributed by atoms with Crippen LogP contribution in [0.5, 0.6) is 0 Å². The molecule has 36 heavy (non-hydrogen) atoms. The minimum absolute atomic E-state index is 0.00869. The molecule has 1 heterocycles. The van der Waals surface area contributed by atoms with E-state index in [0.29, 0.717) is 0 Å². The molecule has 0 amide bonds. The number of alkyl halides is 9. The summed E-state index contributed by atoms with van der Waals surface area (Å²) in [4.78, 5) is 12.5. The number of ether oxygens (including phenoxy) is 1. The number of carbonyl (C=O) groups is 1. The van der Waals surface area contributed by atoms with Crippen molar-refractivity contribution >= 4 is 35.9 Å². The molecular formula is C13H18F9N3O8S3. The van der Waals surface area contributed by atoms with Crippen LogP contribution in [-0.2, 0) is 39.4 Å². The maximum absolute atomic E-state index is 14.3. The molecule has 11 nitrogen and oxygen atoms in total. The molecule has 1 aliphatic rings. The van der Waals surface area contributed by atoms with Crippen molar-refractivity contribution < 1.29 is 74.3 Å². The molecule has 214 valence electrons. The van der Waals surface area contributed by atoms with Gasteiger partial charge in [-0.2, -0.15) is 48.5 Å². The van der Waals surface area contributed by atoms with Crippen LogP contribution in [0.15, 0.2) is 0 Å². The van der Waals surface area contributed by atoms with E-state index < -0.39 is 87.1 Å². The number of carbonyl (C=O) groups excluding carboxylic acids is 1. The summed E-state index contributed by atoms with van der Waals surface area (Å²) in [6.45, 7) is -1.72. The first-order valence-electron chi connectivity index (χ1n) is 9.02. The molecule has 1 aliphatic heterocycles. The van der Waals surface area contributed by atoms with Gasteiger partial charge >= 0.3 is 37.9 Å². The summed E-state index contributed by atoms with van der Waals surface area (Å²) in [5, 5.41) is -14.0. The Kier molecular flexibility index (Phi) is 9.09. The van der Waals surface area contributed by atoms with Crippen LogP contribution in [0.1, 0.15) is 6.42 Å². The maximum atomic E-state index is 14.3. The number of cyclic esters (lactones) is 1. The van der Waals surface area contributed by atoms with Gasteiger partial charge in [-0.25, -0.2) is 25.3 Å². The number of rotatable bonds is 12. The number of esters is 1. The average Bonchev–Trinajstić information content (AvgIpc) is 3.14. The molecule has 0 bridgehead atoms. The van der Waals surface area contributed by atoms with Crippen LogP contribution >= 0.6 is 0 Å². The topological polar surface area (TPSA) is 147 Å². The highest BCUT2D eigenvalue weighted by Gasteiger charge is 2.82. The maximum Gasteiger partial charge on any atom is 0.511 e. The third-order valence-corrected chi connectivity index (χ3v) is 9.59. The molecule has 0 saturated carbocycles. The minimum atomic E-state index is -7.31. The lowest BCUT2D eigenvalue weighted by Crippen LogP contribution is -2.64. The molecule has 0 spiro atoms.